The van der Waals surface area contributed by atoms with Crippen molar-refractivity contribution in [1.82, 2.24) is 5.32 Å². The summed E-state index contributed by atoms with van der Waals surface area (Å²) < 4.78 is 5.02. The predicted molar refractivity (Wildman–Crippen MR) is 80.6 cm³/mol. The van der Waals surface area contributed by atoms with E-state index in [0.29, 0.717) is 19.7 Å². The first-order valence-electron chi connectivity index (χ1n) is 7.88. The summed E-state index contributed by atoms with van der Waals surface area (Å²) in [5.74, 6) is -1.37. The van der Waals surface area contributed by atoms with Gasteiger partial charge in [-0.1, -0.05) is 44.8 Å². The molecule has 0 rings (SSSR count). The number of carbonyl (C=O) groups is 2. The van der Waals surface area contributed by atoms with Gasteiger partial charge in [0.1, 0.15) is 6.61 Å². The van der Waals surface area contributed by atoms with E-state index in [-0.39, 0.29) is 48.4 Å². The zero-order valence-corrected chi connectivity index (χ0v) is 16.1. The summed E-state index contributed by atoms with van der Waals surface area (Å²) in [7, 11) is 0. The Morgan fingerprint density at radius 1 is 1.05 bits per heavy atom. The molecule has 0 heterocycles. The maximum Gasteiger partial charge on any atom is 1.00 e. The molecule has 0 bridgehead atoms. The van der Waals surface area contributed by atoms with Crippen molar-refractivity contribution < 1.29 is 49.0 Å². The van der Waals surface area contributed by atoms with Gasteiger partial charge in [0.25, 0.3) is 0 Å². The summed E-state index contributed by atoms with van der Waals surface area (Å²) in [5, 5.41) is 13.0. The van der Waals surface area contributed by atoms with E-state index in [4.69, 9.17) is 4.74 Å². The van der Waals surface area contributed by atoms with Gasteiger partial charge in [-0.2, -0.15) is 0 Å². The van der Waals surface area contributed by atoms with Crippen molar-refractivity contribution in [1.29, 1.82) is 0 Å². The van der Waals surface area contributed by atoms with Gasteiger partial charge in [0.15, 0.2) is 0 Å². The molecule has 0 aliphatic rings. The van der Waals surface area contributed by atoms with Crippen LogP contribution in [0.5, 0.6) is 0 Å². The standard InChI is InChI=1S/C16H29NO4.Na/c1-2-3-4-5-6-7-8-9-14-21-16(20)11-13-17-12-10-15(18)19;/h8-9,17H,2-7,10-14H2,1H3,(H,18,19);/q;+1/p-1. The van der Waals surface area contributed by atoms with Crippen LogP contribution in [0.1, 0.15) is 58.3 Å². The molecule has 0 saturated carbocycles. The quantitative estimate of drug-likeness (QED) is 0.184. The van der Waals surface area contributed by atoms with E-state index < -0.39 is 5.97 Å². The number of rotatable bonds is 14. The van der Waals surface area contributed by atoms with Crippen molar-refractivity contribution in [3.8, 4) is 0 Å². The molecule has 5 nitrogen and oxygen atoms in total. The summed E-state index contributed by atoms with van der Waals surface area (Å²) >= 11 is 0. The van der Waals surface area contributed by atoms with Crippen molar-refractivity contribution in [2.24, 2.45) is 0 Å². The summed E-state index contributed by atoms with van der Waals surface area (Å²) in [4.78, 5) is 21.5. The Balaban J connectivity index is 0. The molecule has 0 spiro atoms. The van der Waals surface area contributed by atoms with Crippen LogP contribution in [-0.4, -0.2) is 31.6 Å². The minimum atomic E-state index is -1.09. The van der Waals surface area contributed by atoms with Gasteiger partial charge < -0.3 is 20.0 Å². The van der Waals surface area contributed by atoms with E-state index in [1.165, 1.54) is 32.1 Å². The maximum absolute atomic E-state index is 11.3. The molecule has 0 aromatic carbocycles. The van der Waals surface area contributed by atoms with Gasteiger partial charge in [-0.25, -0.2) is 0 Å². The first kappa shape index (κ1) is 23.9. The first-order valence-corrected chi connectivity index (χ1v) is 7.88. The number of hydrogen-bond donors (Lipinski definition) is 1. The Morgan fingerprint density at radius 2 is 1.73 bits per heavy atom. The fraction of sp³-hybridized carbons (Fsp3) is 0.750. The third-order valence-corrected chi connectivity index (χ3v) is 2.99. The number of carbonyl (C=O) groups excluding carboxylic acids is 2. The largest absolute Gasteiger partial charge is 1.00 e. The molecule has 0 saturated heterocycles. The van der Waals surface area contributed by atoms with Crippen LogP contribution in [0.2, 0.25) is 0 Å². The van der Waals surface area contributed by atoms with Crippen LogP contribution in [0.25, 0.3) is 0 Å². The van der Waals surface area contributed by atoms with Crippen LogP contribution in [0, 0.1) is 0 Å². The molecule has 22 heavy (non-hydrogen) atoms. The minimum absolute atomic E-state index is 0. The average Bonchev–Trinajstić information content (AvgIpc) is 2.45. The number of nitrogens with one attached hydrogen (secondary N) is 1. The summed E-state index contributed by atoms with van der Waals surface area (Å²) in [6.45, 7) is 3.25. The van der Waals surface area contributed by atoms with E-state index in [0.717, 1.165) is 6.42 Å². The van der Waals surface area contributed by atoms with Crippen molar-refractivity contribution in [2.75, 3.05) is 19.7 Å². The van der Waals surface area contributed by atoms with Crippen molar-refractivity contribution in [3.05, 3.63) is 12.2 Å². The molecule has 0 aliphatic heterocycles. The Hall–Kier alpha value is -0.360. The molecule has 0 aromatic rings. The molecule has 0 amide bonds. The van der Waals surface area contributed by atoms with Crippen LogP contribution < -0.4 is 40.0 Å². The Labute approximate surface area is 156 Å². The topological polar surface area (TPSA) is 78.5 Å². The van der Waals surface area contributed by atoms with Gasteiger partial charge >= 0.3 is 35.5 Å². The predicted octanol–water partition coefficient (Wildman–Crippen LogP) is -1.43. The van der Waals surface area contributed by atoms with Crippen LogP contribution in [0.3, 0.4) is 0 Å². The maximum atomic E-state index is 11.3. The van der Waals surface area contributed by atoms with Crippen molar-refractivity contribution in [2.45, 2.75) is 58.3 Å². The van der Waals surface area contributed by atoms with Gasteiger partial charge in [-0.15, -0.1) is 0 Å². The summed E-state index contributed by atoms with van der Waals surface area (Å²) in [5.41, 5.74) is 0. The molecule has 0 fully saturated rings. The van der Waals surface area contributed by atoms with Crippen molar-refractivity contribution in [3.63, 3.8) is 0 Å². The van der Waals surface area contributed by atoms with Crippen LogP contribution in [0.4, 0.5) is 0 Å². The fourth-order valence-corrected chi connectivity index (χ4v) is 1.77. The van der Waals surface area contributed by atoms with Gasteiger partial charge in [0.2, 0.25) is 0 Å². The van der Waals surface area contributed by atoms with Crippen molar-refractivity contribution >= 4 is 11.9 Å². The number of allylic oxidation sites excluding steroid dienone is 1. The summed E-state index contributed by atoms with van der Waals surface area (Å²) in [6.07, 6.45) is 11.5. The van der Waals surface area contributed by atoms with E-state index in [2.05, 4.69) is 18.3 Å². The van der Waals surface area contributed by atoms with E-state index in [9.17, 15) is 14.7 Å². The molecule has 0 aromatic heterocycles. The number of ether oxygens (including phenoxy) is 1. The SMILES string of the molecule is CCCCCCCC=CCOC(=O)CCNCCC(=O)[O-].[Na+]. The third kappa shape index (κ3) is 19.6. The van der Waals surface area contributed by atoms with Crippen LogP contribution >= 0.6 is 0 Å². The molecular weight excluding hydrogens is 293 g/mol. The molecule has 6 heteroatoms. The van der Waals surface area contributed by atoms with Gasteiger partial charge in [0.05, 0.1) is 6.42 Å². The number of unbranched alkanes of at least 4 members (excludes halogenated alkanes) is 5. The number of hydrogen-bond acceptors (Lipinski definition) is 5. The number of carboxylic acid groups (broad SMARTS) is 1. The Bertz CT molecular complexity index is 309. The monoisotopic (exact) mass is 321 g/mol. The van der Waals surface area contributed by atoms with E-state index in [1.54, 1.807) is 0 Å². The molecular formula is C16H28NNaO4. The molecule has 0 unspecified atom stereocenters. The van der Waals surface area contributed by atoms with Crippen LogP contribution in [0.15, 0.2) is 12.2 Å². The van der Waals surface area contributed by atoms with Gasteiger partial charge in [-0.3, -0.25) is 4.79 Å². The Morgan fingerprint density at radius 3 is 2.41 bits per heavy atom. The van der Waals surface area contributed by atoms with Crippen LogP contribution in [-0.2, 0) is 14.3 Å². The van der Waals surface area contributed by atoms with E-state index >= 15 is 0 Å². The average molecular weight is 321 g/mol. The summed E-state index contributed by atoms with van der Waals surface area (Å²) in [6, 6.07) is 0. The second kappa shape index (κ2) is 18.7. The zero-order valence-electron chi connectivity index (χ0n) is 14.1. The Kier molecular flexibility index (Phi) is 20.3. The number of esters is 1. The fourth-order valence-electron chi connectivity index (χ4n) is 1.77. The second-order valence-electron chi connectivity index (χ2n) is 4.98. The normalized spacial score (nSPS) is 10.4. The van der Waals surface area contributed by atoms with Gasteiger partial charge in [-0.05, 0) is 19.3 Å². The molecule has 0 atom stereocenters. The second-order valence-corrected chi connectivity index (χ2v) is 4.98. The molecule has 0 aliphatic carbocycles. The molecule has 122 valence electrons. The number of aliphatic carboxylic acids is 1. The zero-order chi connectivity index (χ0) is 15.8. The smallest absolute Gasteiger partial charge is 0.550 e. The minimum Gasteiger partial charge on any atom is -0.550 e. The third-order valence-electron chi connectivity index (χ3n) is 2.99. The first-order chi connectivity index (χ1) is 10.2. The molecule has 1 N–H and O–H groups in total. The molecule has 0 radical (unpaired) electrons. The van der Waals surface area contributed by atoms with Gasteiger partial charge in [0, 0.05) is 19.1 Å². The van der Waals surface area contributed by atoms with E-state index in [1.807, 2.05) is 6.08 Å². The number of carboxylic acids is 1.